The molecule has 0 radical (unpaired) electrons. The molecule has 2 fully saturated rings. The third-order valence-corrected chi connectivity index (χ3v) is 10.9. The van der Waals surface area contributed by atoms with E-state index >= 15 is 0 Å². The number of nitrogens with one attached hydrogen (secondary N) is 3. The number of amides is 2. The van der Waals surface area contributed by atoms with E-state index in [-0.39, 0.29) is 17.9 Å². The Hall–Kier alpha value is -4.55. The third kappa shape index (κ3) is 7.50. The molecule has 0 spiro atoms. The normalized spacial score (nSPS) is 16.4. The maximum Gasteiger partial charge on any atom is 0.220 e. The first-order valence-electron chi connectivity index (χ1n) is 17.6. The van der Waals surface area contributed by atoms with E-state index in [0.717, 1.165) is 76.8 Å². The van der Waals surface area contributed by atoms with Gasteiger partial charge in [0.1, 0.15) is 0 Å². The number of methoxy groups -OCH3 is 1. The molecule has 2 amide bonds. The van der Waals surface area contributed by atoms with E-state index in [1.54, 1.807) is 20.2 Å². The summed E-state index contributed by atoms with van der Waals surface area (Å²) in [5, 5.41) is 11.0. The van der Waals surface area contributed by atoms with Crippen molar-refractivity contribution >= 4 is 46.0 Å². The predicted octanol–water partition coefficient (Wildman–Crippen LogP) is 6.15. The molecule has 5 aromatic rings. The molecular weight excluding hydrogens is 699 g/mol. The molecule has 1 aromatic carbocycles. The van der Waals surface area contributed by atoms with Crippen molar-refractivity contribution in [2.75, 3.05) is 26.7 Å². The fourth-order valence-corrected chi connectivity index (χ4v) is 7.83. The molecule has 0 saturated carbocycles. The standard InChI is InChI=1S/C39H42Cl2N8O3/c1-23(50)49-15-12-27(13-16-49)44-20-26-22-48(2)33-17-25(19-45-37(26)33)38-36(41)30(11-14-43-38)29-5-4-6-31(35(29)40)32-9-7-24(39(47-32)52-3)18-42-21-28-8-10-34(51)46-28/h4-7,9,11,14,17,19,22,27-28,42,44H,8,10,12-13,15-16,18,20-21H2,1-3H3,(H,46,51)/t28-/m1/s1. The first-order chi connectivity index (χ1) is 25.2. The summed E-state index contributed by atoms with van der Waals surface area (Å²) in [7, 11) is 3.62. The summed E-state index contributed by atoms with van der Waals surface area (Å²) in [6, 6.07) is 14.2. The van der Waals surface area contributed by atoms with Crippen LogP contribution in [0.5, 0.6) is 5.88 Å². The molecule has 2 aliphatic heterocycles. The molecule has 6 heterocycles. The van der Waals surface area contributed by atoms with E-state index in [2.05, 4.69) is 37.8 Å². The van der Waals surface area contributed by atoms with Crippen molar-refractivity contribution in [1.29, 1.82) is 0 Å². The van der Waals surface area contributed by atoms with Gasteiger partial charge < -0.3 is 30.2 Å². The molecule has 270 valence electrons. The molecule has 1 atom stereocenters. The number of fused-ring (bicyclic) bond motifs is 1. The highest BCUT2D eigenvalue weighted by Crippen LogP contribution is 2.42. The highest BCUT2D eigenvalue weighted by molar-refractivity contribution is 6.39. The Labute approximate surface area is 313 Å². The van der Waals surface area contributed by atoms with Crippen molar-refractivity contribution in [2.45, 2.75) is 57.8 Å². The lowest BCUT2D eigenvalue weighted by Gasteiger charge is -2.31. The van der Waals surface area contributed by atoms with Gasteiger partial charge >= 0.3 is 0 Å². The quantitative estimate of drug-likeness (QED) is 0.147. The van der Waals surface area contributed by atoms with E-state index in [4.69, 9.17) is 37.9 Å². The maximum atomic E-state index is 11.7. The molecule has 2 saturated heterocycles. The number of rotatable bonds is 11. The number of pyridine rings is 3. The van der Waals surface area contributed by atoms with Crippen LogP contribution in [0.3, 0.4) is 0 Å². The Balaban J connectivity index is 1.10. The van der Waals surface area contributed by atoms with E-state index in [1.165, 1.54) is 0 Å². The van der Waals surface area contributed by atoms with Gasteiger partial charge in [0.15, 0.2) is 0 Å². The number of likely N-dealkylation sites (tertiary alicyclic amines) is 1. The second-order valence-corrected chi connectivity index (χ2v) is 14.3. The second-order valence-electron chi connectivity index (χ2n) is 13.5. The van der Waals surface area contributed by atoms with E-state index in [9.17, 15) is 9.59 Å². The highest BCUT2D eigenvalue weighted by atomic mass is 35.5. The van der Waals surface area contributed by atoms with Gasteiger partial charge in [-0.25, -0.2) is 4.98 Å². The minimum absolute atomic E-state index is 0.0999. The van der Waals surface area contributed by atoms with Crippen LogP contribution >= 0.6 is 23.2 Å². The summed E-state index contributed by atoms with van der Waals surface area (Å²) >= 11 is 14.2. The topological polar surface area (TPSA) is 126 Å². The number of piperidine rings is 1. The summed E-state index contributed by atoms with van der Waals surface area (Å²) in [6.45, 7) is 5.13. The Morgan fingerprint density at radius 1 is 1.00 bits per heavy atom. The Morgan fingerprint density at radius 3 is 2.54 bits per heavy atom. The molecule has 0 bridgehead atoms. The average Bonchev–Trinajstić information content (AvgIpc) is 3.72. The molecule has 7 rings (SSSR count). The van der Waals surface area contributed by atoms with Gasteiger partial charge in [0, 0.05) is 117 Å². The number of halogens is 2. The van der Waals surface area contributed by atoms with Crippen molar-refractivity contribution in [1.82, 2.24) is 40.4 Å². The van der Waals surface area contributed by atoms with Gasteiger partial charge in [0.05, 0.1) is 39.6 Å². The summed E-state index contributed by atoms with van der Waals surface area (Å²) in [5.74, 6) is 0.744. The molecule has 0 aliphatic carbocycles. The van der Waals surface area contributed by atoms with Crippen LogP contribution in [0.2, 0.25) is 10.0 Å². The smallest absolute Gasteiger partial charge is 0.220 e. The number of nitrogens with zero attached hydrogens (tertiary/aromatic N) is 5. The van der Waals surface area contributed by atoms with Gasteiger partial charge in [-0.2, -0.15) is 0 Å². The fraction of sp³-hybridized carbons (Fsp3) is 0.359. The number of carbonyl (C=O) groups excluding carboxylic acids is 2. The van der Waals surface area contributed by atoms with Crippen LogP contribution in [0.1, 0.15) is 43.7 Å². The lowest BCUT2D eigenvalue weighted by Crippen LogP contribution is -2.43. The lowest BCUT2D eigenvalue weighted by molar-refractivity contribution is -0.130. The Bertz CT molecular complexity index is 2130. The summed E-state index contributed by atoms with van der Waals surface area (Å²) in [5.41, 5.74) is 8.26. The summed E-state index contributed by atoms with van der Waals surface area (Å²) in [6.07, 6.45) is 8.96. The van der Waals surface area contributed by atoms with Crippen LogP contribution in [-0.2, 0) is 29.7 Å². The number of aryl methyl sites for hydroxylation is 1. The van der Waals surface area contributed by atoms with Gasteiger partial charge in [0.25, 0.3) is 0 Å². The SMILES string of the molecule is COc1nc(-c2cccc(-c3ccnc(-c4cnc5c(CNC6CCN(C(C)=O)CC6)cn(C)c5c4)c3Cl)c2Cl)ccc1CNC[C@H]1CCC(=O)N1. The van der Waals surface area contributed by atoms with Gasteiger partial charge in [0.2, 0.25) is 17.7 Å². The second kappa shape index (κ2) is 15.6. The number of hydrogen-bond acceptors (Lipinski definition) is 8. The zero-order valence-corrected chi connectivity index (χ0v) is 31.0. The van der Waals surface area contributed by atoms with E-state index in [0.29, 0.717) is 59.4 Å². The number of carbonyl (C=O) groups is 2. The van der Waals surface area contributed by atoms with Crippen molar-refractivity contribution in [3.05, 3.63) is 82.2 Å². The largest absolute Gasteiger partial charge is 0.481 e. The molecule has 13 heteroatoms. The molecule has 4 aromatic heterocycles. The Kier molecular flexibility index (Phi) is 10.7. The van der Waals surface area contributed by atoms with Crippen molar-refractivity contribution < 1.29 is 14.3 Å². The monoisotopic (exact) mass is 740 g/mol. The lowest BCUT2D eigenvalue weighted by atomic mass is 9.99. The average molecular weight is 742 g/mol. The van der Waals surface area contributed by atoms with Crippen molar-refractivity contribution in [2.24, 2.45) is 7.05 Å². The molecule has 3 N–H and O–H groups in total. The molecule has 0 unspecified atom stereocenters. The van der Waals surface area contributed by atoms with Crippen LogP contribution in [0.15, 0.2) is 61.1 Å². The van der Waals surface area contributed by atoms with E-state index < -0.39 is 0 Å². The van der Waals surface area contributed by atoms with Crippen LogP contribution in [0, 0.1) is 0 Å². The molecule has 2 aliphatic rings. The summed E-state index contributed by atoms with van der Waals surface area (Å²) in [4.78, 5) is 39.5. The van der Waals surface area contributed by atoms with Gasteiger partial charge in [-0.1, -0.05) is 47.5 Å². The number of benzene rings is 1. The first kappa shape index (κ1) is 35.8. The molecular formula is C39H42Cl2N8O3. The van der Waals surface area contributed by atoms with Crippen molar-refractivity contribution in [3.63, 3.8) is 0 Å². The Morgan fingerprint density at radius 2 is 1.79 bits per heavy atom. The fourth-order valence-electron chi connectivity index (χ4n) is 7.18. The van der Waals surface area contributed by atoms with Crippen LogP contribution in [-0.4, -0.2) is 75.1 Å². The van der Waals surface area contributed by atoms with Crippen molar-refractivity contribution in [3.8, 4) is 39.5 Å². The molecule has 52 heavy (non-hydrogen) atoms. The third-order valence-electron chi connectivity index (χ3n) is 10.1. The summed E-state index contributed by atoms with van der Waals surface area (Å²) < 4.78 is 7.74. The highest BCUT2D eigenvalue weighted by Gasteiger charge is 2.23. The van der Waals surface area contributed by atoms with Crippen LogP contribution < -0.4 is 20.7 Å². The van der Waals surface area contributed by atoms with Gasteiger partial charge in [-0.05, 0) is 37.5 Å². The minimum atomic E-state index is 0.0999. The van der Waals surface area contributed by atoms with Gasteiger partial charge in [-0.15, -0.1) is 0 Å². The maximum absolute atomic E-state index is 11.7. The van der Waals surface area contributed by atoms with Crippen LogP contribution in [0.25, 0.3) is 44.7 Å². The number of hydrogen-bond donors (Lipinski definition) is 3. The molecule has 11 nitrogen and oxygen atoms in total. The van der Waals surface area contributed by atoms with E-state index in [1.807, 2.05) is 54.5 Å². The van der Waals surface area contributed by atoms with Gasteiger partial charge in [-0.3, -0.25) is 19.6 Å². The number of aromatic nitrogens is 4. The zero-order valence-electron chi connectivity index (χ0n) is 29.5. The first-order valence-corrected chi connectivity index (χ1v) is 18.4. The van der Waals surface area contributed by atoms with Crippen LogP contribution in [0.4, 0.5) is 0 Å². The predicted molar refractivity (Wildman–Crippen MR) is 204 cm³/mol. The zero-order chi connectivity index (χ0) is 36.4. The minimum Gasteiger partial charge on any atom is -0.481 e. The number of ether oxygens (including phenoxy) is 1.